The fraction of sp³-hybridized carbons (Fsp3) is 0.200. The van der Waals surface area contributed by atoms with Crippen LogP contribution in [0.2, 0.25) is 0 Å². The van der Waals surface area contributed by atoms with E-state index in [2.05, 4.69) is 10.2 Å². The molecule has 0 spiro atoms. The van der Waals surface area contributed by atoms with Gasteiger partial charge in [0, 0.05) is 11.5 Å². The van der Waals surface area contributed by atoms with E-state index in [1.54, 1.807) is 14.2 Å². The van der Waals surface area contributed by atoms with Crippen LogP contribution in [0.25, 0.3) is 11.3 Å². The summed E-state index contributed by atoms with van der Waals surface area (Å²) in [7, 11) is 3.26. The monoisotopic (exact) mass is 350 g/mol. The van der Waals surface area contributed by atoms with Gasteiger partial charge in [-0.15, -0.1) is 5.10 Å². The van der Waals surface area contributed by atoms with Gasteiger partial charge in [-0.3, -0.25) is 9.89 Å². The molecule has 26 heavy (non-hydrogen) atoms. The first-order valence-electron chi connectivity index (χ1n) is 8.27. The summed E-state index contributed by atoms with van der Waals surface area (Å²) in [6.45, 7) is 0. The van der Waals surface area contributed by atoms with Crippen molar-refractivity contribution >= 4 is 5.97 Å². The molecule has 1 N–H and O–H groups in total. The quantitative estimate of drug-likeness (QED) is 0.729. The van der Waals surface area contributed by atoms with Crippen LogP contribution >= 0.6 is 0 Å². The van der Waals surface area contributed by atoms with Crippen LogP contribution in [0.5, 0.6) is 17.4 Å². The van der Waals surface area contributed by atoms with E-state index in [9.17, 15) is 4.79 Å². The normalized spacial score (nSPS) is 15.9. The highest BCUT2D eigenvalue weighted by molar-refractivity contribution is 5.80. The molecule has 1 aliphatic rings. The Hall–Kier alpha value is -3.28. The Morgan fingerprint density at radius 3 is 2.23 bits per heavy atom. The largest absolute Gasteiger partial charge is 0.497 e. The summed E-state index contributed by atoms with van der Waals surface area (Å²) in [5, 5.41) is 7.23. The number of H-pyrrole nitrogens is 1. The third kappa shape index (κ3) is 2.79. The SMILES string of the molecule is COc1ccc(-c2[nH]nc3c2[C@@H](c2ccc(OC)cc2)CC(=O)O3)cc1. The summed E-state index contributed by atoms with van der Waals surface area (Å²) in [5.41, 5.74) is 3.70. The van der Waals surface area contributed by atoms with Gasteiger partial charge >= 0.3 is 5.97 Å². The predicted molar refractivity (Wildman–Crippen MR) is 95.7 cm³/mol. The zero-order chi connectivity index (χ0) is 18.1. The molecular weight excluding hydrogens is 332 g/mol. The lowest BCUT2D eigenvalue weighted by Gasteiger charge is -2.22. The van der Waals surface area contributed by atoms with Crippen LogP contribution in [0.4, 0.5) is 0 Å². The second-order valence-corrected chi connectivity index (χ2v) is 6.05. The molecule has 0 saturated heterocycles. The number of carbonyl (C=O) groups is 1. The van der Waals surface area contributed by atoms with E-state index in [1.165, 1.54) is 0 Å². The van der Waals surface area contributed by atoms with Gasteiger partial charge in [0.25, 0.3) is 0 Å². The zero-order valence-electron chi connectivity index (χ0n) is 14.5. The number of nitrogens with one attached hydrogen (secondary N) is 1. The highest BCUT2D eigenvalue weighted by Crippen LogP contribution is 2.43. The maximum atomic E-state index is 12.0. The van der Waals surface area contributed by atoms with Crippen molar-refractivity contribution in [1.29, 1.82) is 0 Å². The average molecular weight is 350 g/mol. The van der Waals surface area contributed by atoms with Gasteiger partial charge in [-0.2, -0.15) is 0 Å². The summed E-state index contributed by atoms with van der Waals surface area (Å²) in [6, 6.07) is 15.4. The molecule has 2 aromatic carbocycles. The van der Waals surface area contributed by atoms with Gasteiger partial charge in [0.1, 0.15) is 11.5 Å². The summed E-state index contributed by atoms with van der Waals surface area (Å²) < 4.78 is 15.8. The molecule has 0 saturated carbocycles. The van der Waals surface area contributed by atoms with Crippen molar-refractivity contribution in [2.45, 2.75) is 12.3 Å². The van der Waals surface area contributed by atoms with Crippen molar-refractivity contribution in [3.63, 3.8) is 0 Å². The van der Waals surface area contributed by atoms with Crippen LogP contribution in [-0.2, 0) is 4.79 Å². The lowest BCUT2D eigenvalue weighted by molar-refractivity contribution is -0.135. The maximum Gasteiger partial charge on any atom is 0.313 e. The molecule has 1 atom stereocenters. The molecule has 1 aliphatic heterocycles. The number of carbonyl (C=O) groups excluding carboxylic acids is 1. The standard InChI is InChI=1S/C20H18N2O4/c1-24-14-7-3-12(4-8-14)16-11-17(23)26-20-18(16)19(21-22-20)13-5-9-15(25-2)10-6-13/h3-10,16H,11H2,1-2H3,(H,21,22)/t16-/m1/s1. The van der Waals surface area contributed by atoms with Gasteiger partial charge in [-0.05, 0) is 42.0 Å². The van der Waals surface area contributed by atoms with E-state index in [4.69, 9.17) is 14.2 Å². The van der Waals surface area contributed by atoms with E-state index in [1.807, 2.05) is 48.5 Å². The first kappa shape index (κ1) is 16.2. The van der Waals surface area contributed by atoms with Crippen LogP contribution in [0, 0.1) is 0 Å². The van der Waals surface area contributed by atoms with Crippen LogP contribution in [0.1, 0.15) is 23.5 Å². The average Bonchev–Trinajstić information content (AvgIpc) is 3.11. The van der Waals surface area contributed by atoms with E-state index in [0.717, 1.165) is 33.9 Å². The molecule has 0 aliphatic carbocycles. The minimum atomic E-state index is -0.286. The topological polar surface area (TPSA) is 73.4 Å². The number of fused-ring (bicyclic) bond motifs is 1. The molecule has 132 valence electrons. The highest BCUT2D eigenvalue weighted by Gasteiger charge is 2.33. The lowest BCUT2D eigenvalue weighted by atomic mass is 9.86. The van der Waals surface area contributed by atoms with Crippen LogP contribution in [0.15, 0.2) is 48.5 Å². The molecule has 1 aromatic heterocycles. The second-order valence-electron chi connectivity index (χ2n) is 6.05. The summed E-state index contributed by atoms with van der Waals surface area (Å²) in [4.78, 5) is 12.0. The molecule has 6 nitrogen and oxygen atoms in total. The first-order valence-corrected chi connectivity index (χ1v) is 8.27. The van der Waals surface area contributed by atoms with Gasteiger partial charge in [0.05, 0.1) is 31.9 Å². The van der Waals surface area contributed by atoms with Crippen molar-refractivity contribution < 1.29 is 19.0 Å². The number of benzene rings is 2. The number of ether oxygens (including phenoxy) is 3. The molecule has 6 heteroatoms. The fourth-order valence-electron chi connectivity index (χ4n) is 3.25. The first-order chi connectivity index (χ1) is 12.7. The van der Waals surface area contributed by atoms with Gasteiger partial charge in [0.2, 0.25) is 5.88 Å². The number of methoxy groups -OCH3 is 2. The Morgan fingerprint density at radius 2 is 1.62 bits per heavy atom. The van der Waals surface area contributed by atoms with E-state index >= 15 is 0 Å². The Balaban J connectivity index is 1.79. The fourth-order valence-corrected chi connectivity index (χ4v) is 3.25. The lowest BCUT2D eigenvalue weighted by Crippen LogP contribution is -2.20. The number of aromatic amines is 1. The third-order valence-electron chi connectivity index (χ3n) is 4.60. The van der Waals surface area contributed by atoms with Gasteiger partial charge in [-0.1, -0.05) is 12.1 Å². The van der Waals surface area contributed by atoms with Crippen LogP contribution in [0.3, 0.4) is 0 Å². The molecule has 3 aromatic rings. The van der Waals surface area contributed by atoms with Gasteiger partial charge in [-0.25, -0.2) is 0 Å². The number of esters is 1. The molecule has 0 fully saturated rings. The van der Waals surface area contributed by atoms with Gasteiger partial charge < -0.3 is 14.2 Å². The number of aromatic nitrogens is 2. The van der Waals surface area contributed by atoms with E-state index < -0.39 is 0 Å². The molecule has 0 bridgehead atoms. The molecule has 0 amide bonds. The Morgan fingerprint density at radius 1 is 1.00 bits per heavy atom. The van der Waals surface area contributed by atoms with Crippen molar-refractivity contribution in [2.75, 3.05) is 14.2 Å². The Kier molecular flexibility index (Phi) is 4.08. The predicted octanol–water partition coefficient (Wildman–Crippen LogP) is 3.53. The Bertz CT molecular complexity index is 929. The smallest absolute Gasteiger partial charge is 0.313 e. The minimum absolute atomic E-state index is 0.131. The zero-order valence-corrected chi connectivity index (χ0v) is 14.5. The van der Waals surface area contributed by atoms with E-state index in [-0.39, 0.29) is 18.3 Å². The summed E-state index contributed by atoms with van der Waals surface area (Å²) in [5.74, 6) is 1.47. The number of nitrogens with zero attached hydrogens (tertiary/aromatic N) is 1. The molecule has 0 unspecified atom stereocenters. The minimum Gasteiger partial charge on any atom is -0.497 e. The van der Waals surface area contributed by atoms with Crippen LogP contribution in [-0.4, -0.2) is 30.4 Å². The number of hydrogen-bond donors (Lipinski definition) is 1. The maximum absolute atomic E-state index is 12.0. The van der Waals surface area contributed by atoms with Gasteiger partial charge in [0.15, 0.2) is 0 Å². The second kappa shape index (κ2) is 6.55. The van der Waals surface area contributed by atoms with Crippen molar-refractivity contribution in [2.24, 2.45) is 0 Å². The molecule has 4 rings (SSSR count). The summed E-state index contributed by atoms with van der Waals surface area (Å²) in [6.07, 6.45) is 0.266. The third-order valence-corrected chi connectivity index (χ3v) is 4.60. The summed E-state index contributed by atoms with van der Waals surface area (Å²) >= 11 is 0. The van der Waals surface area contributed by atoms with Crippen molar-refractivity contribution in [1.82, 2.24) is 10.2 Å². The van der Waals surface area contributed by atoms with Crippen molar-refractivity contribution in [3.05, 3.63) is 59.7 Å². The Labute approximate surface area is 150 Å². The number of rotatable bonds is 4. The number of hydrogen-bond acceptors (Lipinski definition) is 5. The molecule has 0 radical (unpaired) electrons. The molecular formula is C20H18N2O4. The molecule has 2 heterocycles. The van der Waals surface area contributed by atoms with Crippen LogP contribution < -0.4 is 14.2 Å². The van der Waals surface area contributed by atoms with Crippen molar-refractivity contribution in [3.8, 4) is 28.6 Å². The highest BCUT2D eigenvalue weighted by atomic mass is 16.5. The van der Waals surface area contributed by atoms with E-state index in [0.29, 0.717) is 5.88 Å².